The smallest absolute Gasteiger partial charge is 0.320 e. The number of sulfone groups is 1. The van der Waals surface area contributed by atoms with E-state index in [0.29, 0.717) is 11.6 Å². The molecule has 7 heteroatoms. The van der Waals surface area contributed by atoms with Crippen molar-refractivity contribution in [2.24, 2.45) is 0 Å². The van der Waals surface area contributed by atoms with Gasteiger partial charge in [0.05, 0.1) is 24.8 Å². The third kappa shape index (κ3) is 3.05. The fraction of sp³-hybridized carbons (Fsp3) is 0.231. The van der Waals surface area contributed by atoms with Crippen LogP contribution in [0.2, 0.25) is 0 Å². The van der Waals surface area contributed by atoms with E-state index < -0.39 is 9.84 Å². The lowest BCUT2D eigenvalue weighted by Crippen LogP contribution is -1.98. The molecule has 0 aliphatic rings. The van der Waals surface area contributed by atoms with Gasteiger partial charge in [0.15, 0.2) is 9.84 Å². The van der Waals surface area contributed by atoms with Crippen molar-refractivity contribution in [3.05, 3.63) is 30.3 Å². The molecule has 0 aliphatic heterocycles. The molecule has 0 aliphatic carbocycles. The summed E-state index contributed by atoms with van der Waals surface area (Å²) in [6.07, 6.45) is 1.17. The van der Waals surface area contributed by atoms with Crippen LogP contribution in [-0.4, -0.2) is 38.9 Å². The van der Waals surface area contributed by atoms with E-state index in [9.17, 15) is 8.42 Å². The number of ether oxygens (including phenoxy) is 2. The summed E-state index contributed by atoms with van der Waals surface area (Å²) in [6.45, 7) is 0. The van der Waals surface area contributed by atoms with E-state index in [2.05, 4.69) is 9.97 Å². The monoisotopic (exact) mass is 294 g/mol. The molecule has 106 valence electrons. The number of hydrogen-bond donors (Lipinski definition) is 0. The fourth-order valence-electron chi connectivity index (χ4n) is 1.62. The quantitative estimate of drug-likeness (QED) is 0.851. The lowest BCUT2D eigenvalue weighted by atomic mass is 10.1. The fourth-order valence-corrected chi connectivity index (χ4v) is 2.25. The molecule has 0 saturated heterocycles. The lowest BCUT2D eigenvalue weighted by Gasteiger charge is -2.07. The maximum Gasteiger partial charge on any atom is 0.320 e. The van der Waals surface area contributed by atoms with Crippen LogP contribution in [0, 0.1) is 0 Å². The SMILES string of the molecule is COc1cc(-c2ccc(S(C)(=O)=O)cc2)nc(OC)n1. The Labute approximate surface area is 117 Å². The Morgan fingerprint density at radius 1 is 1.00 bits per heavy atom. The summed E-state index contributed by atoms with van der Waals surface area (Å²) in [5.74, 6) is 0.374. The first-order valence-corrected chi connectivity index (χ1v) is 7.61. The minimum absolute atomic E-state index is 0.187. The molecule has 0 N–H and O–H groups in total. The molecule has 2 rings (SSSR count). The van der Waals surface area contributed by atoms with Crippen LogP contribution in [0.4, 0.5) is 0 Å². The normalized spacial score (nSPS) is 11.2. The van der Waals surface area contributed by atoms with Gasteiger partial charge in [-0.2, -0.15) is 9.97 Å². The molecular formula is C13H14N2O4S. The Hall–Kier alpha value is -2.15. The maximum absolute atomic E-state index is 11.4. The van der Waals surface area contributed by atoms with Gasteiger partial charge in [0, 0.05) is 17.9 Å². The van der Waals surface area contributed by atoms with E-state index in [4.69, 9.17) is 9.47 Å². The Balaban J connectivity index is 2.46. The van der Waals surface area contributed by atoms with Crippen molar-refractivity contribution >= 4 is 9.84 Å². The van der Waals surface area contributed by atoms with E-state index in [0.717, 1.165) is 5.56 Å². The molecule has 6 nitrogen and oxygen atoms in total. The van der Waals surface area contributed by atoms with Crippen LogP contribution < -0.4 is 9.47 Å². The predicted molar refractivity (Wildman–Crippen MR) is 73.7 cm³/mol. The van der Waals surface area contributed by atoms with Crippen LogP contribution in [0.25, 0.3) is 11.3 Å². The highest BCUT2D eigenvalue weighted by Gasteiger charge is 2.10. The Bertz CT molecular complexity index is 689. The van der Waals surface area contributed by atoms with Gasteiger partial charge in [0.2, 0.25) is 5.88 Å². The Morgan fingerprint density at radius 3 is 2.15 bits per heavy atom. The molecule has 1 aromatic heterocycles. The number of methoxy groups -OCH3 is 2. The molecule has 0 atom stereocenters. The minimum atomic E-state index is -3.21. The largest absolute Gasteiger partial charge is 0.481 e. The maximum atomic E-state index is 11.4. The summed E-state index contributed by atoms with van der Waals surface area (Å²) >= 11 is 0. The molecule has 0 spiro atoms. The number of nitrogens with zero attached hydrogens (tertiary/aromatic N) is 2. The standard InChI is InChI=1S/C13H14N2O4S/c1-18-12-8-11(14-13(15-12)19-2)9-4-6-10(7-5-9)20(3,16)17/h4-8H,1-3H3. The topological polar surface area (TPSA) is 78.4 Å². The van der Waals surface area contributed by atoms with Crippen molar-refractivity contribution in [2.45, 2.75) is 4.90 Å². The van der Waals surface area contributed by atoms with Gasteiger partial charge in [0.25, 0.3) is 0 Å². The average Bonchev–Trinajstić information content (AvgIpc) is 2.46. The molecule has 1 heterocycles. The second-order valence-electron chi connectivity index (χ2n) is 4.08. The molecule has 2 aromatic rings. The molecule has 20 heavy (non-hydrogen) atoms. The van der Waals surface area contributed by atoms with Crippen molar-refractivity contribution in [3.8, 4) is 23.1 Å². The van der Waals surface area contributed by atoms with Crippen LogP contribution in [0.3, 0.4) is 0 Å². The van der Waals surface area contributed by atoms with E-state index in [1.54, 1.807) is 18.2 Å². The third-order valence-electron chi connectivity index (χ3n) is 2.65. The van der Waals surface area contributed by atoms with Crippen molar-refractivity contribution in [1.82, 2.24) is 9.97 Å². The highest BCUT2D eigenvalue weighted by molar-refractivity contribution is 7.90. The molecule has 0 bridgehead atoms. The van der Waals surface area contributed by atoms with Crippen LogP contribution in [0.5, 0.6) is 11.9 Å². The number of aromatic nitrogens is 2. The van der Waals surface area contributed by atoms with Gasteiger partial charge in [-0.1, -0.05) is 12.1 Å². The minimum Gasteiger partial charge on any atom is -0.481 e. The zero-order valence-corrected chi connectivity index (χ0v) is 12.1. The predicted octanol–water partition coefficient (Wildman–Crippen LogP) is 1.56. The van der Waals surface area contributed by atoms with Gasteiger partial charge < -0.3 is 9.47 Å². The molecule has 0 fully saturated rings. The van der Waals surface area contributed by atoms with Crippen LogP contribution in [-0.2, 0) is 9.84 Å². The summed E-state index contributed by atoms with van der Waals surface area (Å²) in [5, 5.41) is 0. The first-order chi connectivity index (χ1) is 9.44. The Kier molecular flexibility index (Phi) is 3.89. The van der Waals surface area contributed by atoms with Gasteiger partial charge in [-0.05, 0) is 12.1 Å². The molecular weight excluding hydrogens is 280 g/mol. The Morgan fingerprint density at radius 2 is 1.65 bits per heavy atom. The highest BCUT2D eigenvalue weighted by atomic mass is 32.2. The summed E-state index contributed by atoms with van der Waals surface area (Å²) in [7, 11) is -0.248. The van der Waals surface area contributed by atoms with Gasteiger partial charge >= 0.3 is 6.01 Å². The van der Waals surface area contributed by atoms with Crippen LogP contribution in [0.1, 0.15) is 0 Å². The lowest BCUT2D eigenvalue weighted by molar-refractivity contribution is 0.353. The molecule has 0 amide bonds. The van der Waals surface area contributed by atoms with Gasteiger partial charge in [0.1, 0.15) is 0 Å². The molecule has 0 unspecified atom stereocenters. The van der Waals surface area contributed by atoms with E-state index in [1.165, 1.54) is 32.6 Å². The van der Waals surface area contributed by atoms with Gasteiger partial charge in [-0.25, -0.2) is 8.42 Å². The first kappa shape index (κ1) is 14.3. The van der Waals surface area contributed by atoms with Crippen molar-refractivity contribution < 1.29 is 17.9 Å². The van der Waals surface area contributed by atoms with Crippen molar-refractivity contribution in [3.63, 3.8) is 0 Å². The van der Waals surface area contributed by atoms with Crippen molar-refractivity contribution in [1.29, 1.82) is 0 Å². The van der Waals surface area contributed by atoms with E-state index in [-0.39, 0.29) is 10.9 Å². The van der Waals surface area contributed by atoms with E-state index >= 15 is 0 Å². The molecule has 0 radical (unpaired) electrons. The zero-order chi connectivity index (χ0) is 14.8. The van der Waals surface area contributed by atoms with Crippen LogP contribution in [0.15, 0.2) is 35.2 Å². The summed E-state index contributed by atoms with van der Waals surface area (Å²) in [4.78, 5) is 8.46. The summed E-state index contributed by atoms with van der Waals surface area (Å²) < 4.78 is 32.9. The van der Waals surface area contributed by atoms with Gasteiger partial charge in [-0.3, -0.25) is 0 Å². The number of benzene rings is 1. The zero-order valence-electron chi connectivity index (χ0n) is 11.3. The van der Waals surface area contributed by atoms with Crippen molar-refractivity contribution in [2.75, 3.05) is 20.5 Å². The first-order valence-electron chi connectivity index (χ1n) is 5.71. The molecule has 0 saturated carbocycles. The summed E-state index contributed by atoms with van der Waals surface area (Å²) in [6, 6.07) is 8.26. The summed E-state index contributed by atoms with van der Waals surface area (Å²) in [5.41, 5.74) is 1.34. The second-order valence-corrected chi connectivity index (χ2v) is 6.09. The highest BCUT2D eigenvalue weighted by Crippen LogP contribution is 2.24. The molecule has 1 aromatic carbocycles. The van der Waals surface area contributed by atoms with Crippen LogP contribution >= 0.6 is 0 Å². The average molecular weight is 294 g/mol. The second kappa shape index (κ2) is 5.46. The third-order valence-corrected chi connectivity index (χ3v) is 3.78. The number of rotatable bonds is 4. The number of hydrogen-bond acceptors (Lipinski definition) is 6. The van der Waals surface area contributed by atoms with Gasteiger partial charge in [-0.15, -0.1) is 0 Å². The van der Waals surface area contributed by atoms with E-state index in [1.807, 2.05) is 0 Å².